The average molecular weight is 258 g/mol. The molecule has 0 aliphatic rings. The highest BCUT2D eigenvalue weighted by Crippen LogP contribution is 2.13. The third kappa shape index (κ3) is 3.66. The molecule has 0 saturated heterocycles. The fraction of sp³-hybridized carbons (Fsp3) is 0.286. The van der Waals surface area contributed by atoms with Crippen molar-refractivity contribution < 1.29 is 4.74 Å². The normalized spacial score (nSPS) is 12.1. The highest BCUT2D eigenvalue weighted by Gasteiger charge is 2.08. The van der Waals surface area contributed by atoms with E-state index in [4.69, 9.17) is 16.2 Å². The molecule has 5 nitrogen and oxygen atoms in total. The van der Waals surface area contributed by atoms with Gasteiger partial charge in [0.05, 0.1) is 7.11 Å². The molecule has 0 radical (unpaired) electrons. The Kier molecular flexibility index (Phi) is 4.30. The molecular formula is C14H18N4O. The first-order valence-corrected chi connectivity index (χ1v) is 6.13. The van der Waals surface area contributed by atoms with Crippen LogP contribution in [-0.2, 0) is 12.8 Å². The number of aromatic nitrogens is 2. The van der Waals surface area contributed by atoms with Gasteiger partial charge in [-0.2, -0.15) is 0 Å². The summed E-state index contributed by atoms with van der Waals surface area (Å²) in [4.78, 5) is 8.22. The van der Waals surface area contributed by atoms with E-state index in [0.29, 0.717) is 18.1 Å². The third-order valence-electron chi connectivity index (χ3n) is 2.91. The van der Waals surface area contributed by atoms with Crippen molar-refractivity contribution in [2.75, 3.05) is 12.8 Å². The first-order chi connectivity index (χ1) is 9.19. The maximum atomic E-state index is 6.13. The van der Waals surface area contributed by atoms with E-state index in [1.165, 1.54) is 0 Å². The Bertz CT molecular complexity index is 527. The van der Waals surface area contributed by atoms with Crippen LogP contribution < -0.4 is 16.2 Å². The van der Waals surface area contributed by atoms with Crippen molar-refractivity contribution in [1.82, 2.24) is 9.97 Å². The fourth-order valence-corrected chi connectivity index (χ4v) is 1.93. The number of ether oxygens (including phenoxy) is 1. The van der Waals surface area contributed by atoms with Gasteiger partial charge in [-0.25, -0.2) is 9.97 Å². The Labute approximate surface area is 112 Å². The highest BCUT2D eigenvalue weighted by molar-refractivity contribution is 5.39. The minimum absolute atomic E-state index is 0.0123. The zero-order valence-corrected chi connectivity index (χ0v) is 10.9. The lowest BCUT2D eigenvalue weighted by atomic mass is 10.0. The van der Waals surface area contributed by atoms with E-state index in [-0.39, 0.29) is 6.04 Å². The van der Waals surface area contributed by atoms with Crippen LogP contribution in [0.3, 0.4) is 0 Å². The molecule has 0 aliphatic heterocycles. The second kappa shape index (κ2) is 6.15. The lowest BCUT2D eigenvalue weighted by Gasteiger charge is -2.12. The molecule has 4 N–H and O–H groups in total. The summed E-state index contributed by atoms with van der Waals surface area (Å²) in [7, 11) is 1.60. The van der Waals surface area contributed by atoms with Crippen molar-refractivity contribution in [3.63, 3.8) is 0 Å². The molecule has 5 heteroatoms. The van der Waals surface area contributed by atoms with Crippen molar-refractivity contribution in [1.29, 1.82) is 0 Å². The zero-order chi connectivity index (χ0) is 13.7. The topological polar surface area (TPSA) is 87.0 Å². The van der Waals surface area contributed by atoms with Crippen molar-refractivity contribution >= 4 is 5.82 Å². The van der Waals surface area contributed by atoms with E-state index in [2.05, 4.69) is 9.97 Å². The summed E-state index contributed by atoms with van der Waals surface area (Å²) in [6, 6.07) is 7.61. The summed E-state index contributed by atoms with van der Waals surface area (Å²) in [5, 5.41) is 0. The molecule has 0 bridgehead atoms. The van der Waals surface area contributed by atoms with E-state index < -0.39 is 0 Å². The Morgan fingerprint density at radius 3 is 2.68 bits per heavy atom. The van der Waals surface area contributed by atoms with Gasteiger partial charge in [-0.3, -0.25) is 0 Å². The molecule has 0 aromatic carbocycles. The van der Waals surface area contributed by atoms with Gasteiger partial charge in [0.25, 0.3) is 0 Å². The molecule has 2 heterocycles. The average Bonchev–Trinajstić information content (AvgIpc) is 2.42. The van der Waals surface area contributed by atoms with Gasteiger partial charge in [-0.15, -0.1) is 0 Å². The molecule has 19 heavy (non-hydrogen) atoms. The number of nitrogens with zero attached hydrogens (tertiary/aromatic N) is 2. The van der Waals surface area contributed by atoms with Crippen LogP contribution in [0, 0.1) is 0 Å². The minimum Gasteiger partial charge on any atom is -0.481 e. The second-order valence-corrected chi connectivity index (χ2v) is 4.42. The van der Waals surface area contributed by atoms with E-state index in [1.807, 2.05) is 24.3 Å². The molecule has 1 unspecified atom stereocenters. The Balaban J connectivity index is 1.97. The van der Waals surface area contributed by atoms with Crippen LogP contribution in [0.4, 0.5) is 5.82 Å². The van der Waals surface area contributed by atoms with Gasteiger partial charge in [0.1, 0.15) is 5.82 Å². The molecular weight excluding hydrogens is 240 g/mol. The fourth-order valence-electron chi connectivity index (χ4n) is 1.93. The summed E-state index contributed by atoms with van der Waals surface area (Å²) in [6.45, 7) is 0. The summed E-state index contributed by atoms with van der Waals surface area (Å²) in [5.41, 5.74) is 14.0. The Morgan fingerprint density at radius 2 is 2.05 bits per heavy atom. The summed E-state index contributed by atoms with van der Waals surface area (Å²) in [5.74, 6) is 1.15. The number of pyridine rings is 2. The molecule has 0 amide bonds. The summed E-state index contributed by atoms with van der Waals surface area (Å²) < 4.78 is 5.02. The number of nitrogens with two attached hydrogens (primary N) is 2. The quantitative estimate of drug-likeness (QED) is 0.841. The molecule has 2 aromatic heterocycles. The molecule has 2 aromatic rings. The van der Waals surface area contributed by atoms with E-state index in [9.17, 15) is 0 Å². The number of hydrogen-bond acceptors (Lipinski definition) is 5. The van der Waals surface area contributed by atoms with E-state index in [1.54, 1.807) is 19.5 Å². The Hall–Kier alpha value is -2.14. The number of nitrogen functional groups attached to an aromatic ring is 1. The van der Waals surface area contributed by atoms with Gasteiger partial charge in [-0.05, 0) is 30.0 Å². The zero-order valence-electron chi connectivity index (χ0n) is 10.9. The Morgan fingerprint density at radius 1 is 1.21 bits per heavy atom. The monoisotopic (exact) mass is 258 g/mol. The maximum absolute atomic E-state index is 6.13. The van der Waals surface area contributed by atoms with E-state index >= 15 is 0 Å². The predicted octanol–water partition coefficient (Wildman–Crippen LogP) is 1.18. The third-order valence-corrected chi connectivity index (χ3v) is 2.91. The number of rotatable bonds is 5. The van der Waals surface area contributed by atoms with E-state index in [0.717, 1.165) is 17.5 Å². The standard InChI is InChI=1S/C14H18N4O/c1-19-13-5-4-10(9-18-13)7-12(15)8-11-3-2-6-17-14(11)16/h2-6,9,12H,7-8,15H2,1H3,(H2,16,17). The van der Waals surface area contributed by atoms with Gasteiger partial charge in [0.15, 0.2) is 0 Å². The van der Waals surface area contributed by atoms with Crippen molar-refractivity contribution in [3.8, 4) is 5.88 Å². The molecule has 0 saturated carbocycles. The highest BCUT2D eigenvalue weighted by atomic mass is 16.5. The molecule has 0 spiro atoms. The summed E-state index contributed by atoms with van der Waals surface area (Å²) in [6.07, 6.45) is 4.90. The van der Waals surface area contributed by atoms with Crippen LogP contribution in [0.2, 0.25) is 0 Å². The largest absolute Gasteiger partial charge is 0.481 e. The van der Waals surface area contributed by atoms with Crippen molar-refractivity contribution in [2.45, 2.75) is 18.9 Å². The molecule has 0 aliphatic carbocycles. The first kappa shape index (κ1) is 13.3. The van der Waals surface area contributed by atoms with Gasteiger partial charge in [0.2, 0.25) is 5.88 Å². The van der Waals surface area contributed by atoms with Gasteiger partial charge < -0.3 is 16.2 Å². The lowest BCUT2D eigenvalue weighted by Crippen LogP contribution is -2.26. The second-order valence-electron chi connectivity index (χ2n) is 4.42. The smallest absolute Gasteiger partial charge is 0.212 e. The van der Waals surface area contributed by atoms with Crippen LogP contribution in [-0.4, -0.2) is 23.1 Å². The molecule has 1 atom stereocenters. The van der Waals surface area contributed by atoms with Crippen LogP contribution in [0.15, 0.2) is 36.7 Å². The first-order valence-electron chi connectivity index (χ1n) is 6.13. The van der Waals surface area contributed by atoms with Gasteiger partial charge >= 0.3 is 0 Å². The van der Waals surface area contributed by atoms with Crippen LogP contribution in [0.5, 0.6) is 5.88 Å². The van der Waals surface area contributed by atoms with Crippen molar-refractivity contribution in [3.05, 3.63) is 47.8 Å². The molecule has 0 fully saturated rings. The van der Waals surface area contributed by atoms with Crippen LogP contribution in [0.1, 0.15) is 11.1 Å². The number of anilines is 1. The van der Waals surface area contributed by atoms with Gasteiger partial charge in [0, 0.05) is 24.5 Å². The molecule has 2 rings (SSSR count). The lowest BCUT2D eigenvalue weighted by molar-refractivity contribution is 0.397. The minimum atomic E-state index is -0.0123. The van der Waals surface area contributed by atoms with Crippen LogP contribution in [0.25, 0.3) is 0 Å². The van der Waals surface area contributed by atoms with Crippen LogP contribution >= 0.6 is 0 Å². The number of methoxy groups -OCH3 is 1. The van der Waals surface area contributed by atoms with Gasteiger partial charge in [-0.1, -0.05) is 12.1 Å². The predicted molar refractivity (Wildman–Crippen MR) is 74.8 cm³/mol. The SMILES string of the molecule is COc1ccc(CC(N)Cc2cccnc2N)cn1. The van der Waals surface area contributed by atoms with Crippen molar-refractivity contribution in [2.24, 2.45) is 5.73 Å². The molecule has 100 valence electrons. The summed E-state index contributed by atoms with van der Waals surface area (Å²) >= 11 is 0. The maximum Gasteiger partial charge on any atom is 0.212 e. The number of hydrogen-bond donors (Lipinski definition) is 2.